The van der Waals surface area contributed by atoms with Crippen LogP contribution >= 0.6 is 0 Å². The highest BCUT2D eigenvalue weighted by Crippen LogP contribution is 2.29. The van der Waals surface area contributed by atoms with Crippen molar-refractivity contribution in [1.82, 2.24) is 5.32 Å². The highest BCUT2D eigenvalue weighted by atomic mass is 16.6. The van der Waals surface area contributed by atoms with Crippen molar-refractivity contribution in [2.75, 3.05) is 0 Å². The molecule has 0 aromatic carbocycles. The van der Waals surface area contributed by atoms with Crippen molar-refractivity contribution in [3.63, 3.8) is 0 Å². The summed E-state index contributed by atoms with van der Waals surface area (Å²) in [5, 5.41) is 11.9. The van der Waals surface area contributed by atoms with Gasteiger partial charge < -0.3 is 15.2 Å². The van der Waals surface area contributed by atoms with Crippen molar-refractivity contribution in [1.29, 1.82) is 0 Å². The molecule has 1 amide bonds. The number of carboxylic acid groups (broad SMARTS) is 1. The third-order valence-corrected chi connectivity index (χ3v) is 3.13. The van der Waals surface area contributed by atoms with Gasteiger partial charge in [0.25, 0.3) is 0 Å². The first-order valence-corrected chi connectivity index (χ1v) is 6.41. The smallest absolute Gasteiger partial charge is 0.407 e. The van der Waals surface area contributed by atoms with Crippen LogP contribution in [0, 0.1) is 11.8 Å². The van der Waals surface area contributed by atoms with Crippen molar-refractivity contribution in [2.24, 2.45) is 11.8 Å². The van der Waals surface area contributed by atoms with Gasteiger partial charge in [-0.2, -0.15) is 0 Å². The molecule has 1 fully saturated rings. The van der Waals surface area contributed by atoms with Gasteiger partial charge in [-0.3, -0.25) is 4.79 Å². The minimum absolute atomic E-state index is 0.325. The molecule has 0 heterocycles. The van der Waals surface area contributed by atoms with E-state index in [0.29, 0.717) is 18.8 Å². The predicted octanol–water partition coefficient (Wildman–Crippen LogP) is 2.40. The first-order chi connectivity index (χ1) is 8.19. The highest BCUT2D eigenvalue weighted by molar-refractivity contribution is 5.73. The SMILES string of the molecule is CC1CCC(NC(=O)OC(C)(C)C)C(C(=O)O)C1. The number of alkyl carbamates (subject to hydrolysis) is 1. The van der Waals surface area contributed by atoms with Crippen LogP contribution in [0.15, 0.2) is 0 Å². The van der Waals surface area contributed by atoms with Crippen molar-refractivity contribution < 1.29 is 19.4 Å². The van der Waals surface area contributed by atoms with E-state index in [0.717, 1.165) is 6.42 Å². The Morgan fingerprint density at radius 2 is 1.89 bits per heavy atom. The zero-order valence-electron chi connectivity index (χ0n) is 11.5. The highest BCUT2D eigenvalue weighted by Gasteiger charge is 2.35. The molecular weight excluding hydrogens is 234 g/mol. The Hall–Kier alpha value is -1.26. The van der Waals surface area contributed by atoms with Crippen LogP contribution in [-0.4, -0.2) is 28.8 Å². The van der Waals surface area contributed by atoms with E-state index in [9.17, 15) is 14.7 Å². The molecule has 0 aromatic rings. The fraction of sp³-hybridized carbons (Fsp3) is 0.846. The van der Waals surface area contributed by atoms with Crippen LogP contribution in [0.1, 0.15) is 47.0 Å². The van der Waals surface area contributed by atoms with Crippen LogP contribution in [0.2, 0.25) is 0 Å². The lowest BCUT2D eigenvalue weighted by Crippen LogP contribution is -2.47. The third kappa shape index (κ3) is 4.55. The number of carboxylic acids is 1. The molecule has 0 bridgehead atoms. The number of nitrogens with one attached hydrogen (secondary N) is 1. The fourth-order valence-electron chi connectivity index (χ4n) is 2.29. The Labute approximate surface area is 108 Å². The average Bonchev–Trinajstić information content (AvgIpc) is 2.17. The second-order valence-electron chi connectivity index (χ2n) is 6.12. The lowest BCUT2D eigenvalue weighted by Gasteiger charge is -2.33. The Bertz CT molecular complexity index is 321. The van der Waals surface area contributed by atoms with Gasteiger partial charge in [0.15, 0.2) is 0 Å². The maximum atomic E-state index is 11.7. The number of rotatable bonds is 2. The molecule has 104 valence electrons. The lowest BCUT2D eigenvalue weighted by molar-refractivity contribution is -0.144. The van der Waals surface area contributed by atoms with Crippen LogP contribution in [0.25, 0.3) is 0 Å². The quantitative estimate of drug-likeness (QED) is 0.796. The molecule has 0 aliphatic heterocycles. The van der Waals surface area contributed by atoms with E-state index in [2.05, 4.69) is 5.32 Å². The molecule has 1 saturated carbocycles. The Morgan fingerprint density at radius 3 is 2.39 bits per heavy atom. The van der Waals surface area contributed by atoms with Gasteiger partial charge in [-0.1, -0.05) is 6.92 Å². The van der Waals surface area contributed by atoms with E-state index in [1.165, 1.54) is 0 Å². The summed E-state index contributed by atoms with van der Waals surface area (Å²) in [6, 6.07) is -0.325. The van der Waals surface area contributed by atoms with Crippen LogP contribution in [0.5, 0.6) is 0 Å². The molecule has 5 nitrogen and oxygen atoms in total. The Kier molecular flexibility index (Phi) is 4.59. The van der Waals surface area contributed by atoms with Crippen molar-refractivity contribution >= 4 is 12.1 Å². The normalized spacial score (nSPS) is 28.6. The number of carbonyl (C=O) groups is 2. The minimum atomic E-state index is -0.845. The van der Waals surface area contributed by atoms with E-state index in [-0.39, 0.29) is 6.04 Å². The van der Waals surface area contributed by atoms with Gasteiger partial charge in [0, 0.05) is 6.04 Å². The molecule has 1 rings (SSSR count). The van der Waals surface area contributed by atoms with Gasteiger partial charge in [-0.25, -0.2) is 4.79 Å². The molecule has 0 radical (unpaired) electrons. The van der Waals surface area contributed by atoms with E-state index in [1.54, 1.807) is 20.8 Å². The molecule has 2 N–H and O–H groups in total. The number of hydrogen-bond acceptors (Lipinski definition) is 3. The molecule has 3 atom stereocenters. The maximum Gasteiger partial charge on any atom is 0.407 e. The van der Waals surface area contributed by atoms with Gasteiger partial charge in [0.2, 0.25) is 0 Å². The number of hydrogen-bond donors (Lipinski definition) is 2. The fourth-order valence-corrected chi connectivity index (χ4v) is 2.29. The number of ether oxygens (including phenoxy) is 1. The van der Waals surface area contributed by atoms with E-state index < -0.39 is 23.6 Å². The zero-order valence-corrected chi connectivity index (χ0v) is 11.5. The maximum absolute atomic E-state index is 11.7. The summed E-state index contributed by atoms with van der Waals surface area (Å²) >= 11 is 0. The second kappa shape index (κ2) is 5.59. The van der Waals surface area contributed by atoms with Gasteiger partial charge >= 0.3 is 12.1 Å². The van der Waals surface area contributed by atoms with Crippen molar-refractivity contribution in [3.05, 3.63) is 0 Å². The summed E-state index contributed by atoms with van der Waals surface area (Å²) < 4.78 is 5.15. The average molecular weight is 257 g/mol. The zero-order chi connectivity index (χ0) is 13.9. The van der Waals surface area contributed by atoms with Crippen LogP contribution in [0.3, 0.4) is 0 Å². The summed E-state index contributed by atoms with van der Waals surface area (Å²) in [6.07, 6.45) is 1.70. The number of aliphatic carboxylic acids is 1. The van der Waals surface area contributed by atoms with Gasteiger partial charge in [0.1, 0.15) is 5.60 Å². The first kappa shape index (κ1) is 14.8. The standard InChI is InChI=1S/C13H23NO4/c1-8-5-6-10(9(7-8)11(15)16)14-12(17)18-13(2,3)4/h8-10H,5-7H2,1-4H3,(H,14,17)(H,15,16). The summed E-state index contributed by atoms with van der Waals surface area (Å²) in [7, 11) is 0. The second-order valence-corrected chi connectivity index (χ2v) is 6.12. The van der Waals surface area contributed by atoms with E-state index in [4.69, 9.17) is 4.74 Å². The summed E-state index contributed by atoms with van der Waals surface area (Å²) in [4.78, 5) is 22.8. The van der Waals surface area contributed by atoms with Crippen molar-refractivity contribution in [3.8, 4) is 0 Å². The molecule has 1 aliphatic rings. The van der Waals surface area contributed by atoms with Crippen molar-refractivity contribution in [2.45, 2.75) is 58.6 Å². The molecule has 1 aliphatic carbocycles. The van der Waals surface area contributed by atoms with Crippen LogP contribution in [0.4, 0.5) is 4.79 Å². The van der Waals surface area contributed by atoms with Crippen LogP contribution < -0.4 is 5.32 Å². The Morgan fingerprint density at radius 1 is 1.28 bits per heavy atom. The van der Waals surface area contributed by atoms with E-state index >= 15 is 0 Å². The number of amides is 1. The first-order valence-electron chi connectivity index (χ1n) is 6.41. The topological polar surface area (TPSA) is 75.6 Å². The molecule has 3 unspecified atom stereocenters. The summed E-state index contributed by atoms with van der Waals surface area (Å²) in [6.45, 7) is 7.39. The third-order valence-electron chi connectivity index (χ3n) is 3.13. The van der Waals surface area contributed by atoms with Gasteiger partial charge in [0.05, 0.1) is 5.92 Å². The predicted molar refractivity (Wildman–Crippen MR) is 67.3 cm³/mol. The molecule has 18 heavy (non-hydrogen) atoms. The minimum Gasteiger partial charge on any atom is -0.481 e. The molecular formula is C13H23NO4. The van der Waals surface area contributed by atoms with Gasteiger partial charge in [-0.05, 0) is 46.0 Å². The summed E-state index contributed by atoms with van der Waals surface area (Å²) in [5.74, 6) is -0.966. The molecule has 5 heteroatoms. The van der Waals surface area contributed by atoms with E-state index in [1.807, 2.05) is 6.92 Å². The monoisotopic (exact) mass is 257 g/mol. The van der Waals surface area contributed by atoms with Crippen LogP contribution in [-0.2, 0) is 9.53 Å². The molecule has 0 spiro atoms. The number of carbonyl (C=O) groups excluding carboxylic acids is 1. The lowest BCUT2D eigenvalue weighted by atomic mass is 9.79. The largest absolute Gasteiger partial charge is 0.481 e. The van der Waals surface area contributed by atoms with Gasteiger partial charge in [-0.15, -0.1) is 0 Å². The Balaban J connectivity index is 2.59. The molecule has 0 aromatic heterocycles. The molecule has 0 saturated heterocycles. The summed E-state index contributed by atoms with van der Waals surface area (Å²) in [5.41, 5.74) is -0.565.